The van der Waals surface area contributed by atoms with E-state index in [2.05, 4.69) is 167 Å². The maximum absolute atomic E-state index is 4.72. The van der Waals surface area contributed by atoms with Crippen molar-refractivity contribution in [2.45, 2.75) is 0 Å². The second-order valence-electron chi connectivity index (χ2n) is 13.9. The van der Waals surface area contributed by atoms with Crippen LogP contribution in [0.3, 0.4) is 0 Å². The van der Waals surface area contributed by atoms with Gasteiger partial charge in [-0.05, 0) is 113 Å². The number of hydrogen-bond donors (Lipinski definition) is 0. The molecule has 0 radical (unpaired) electrons. The molecule has 0 aliphatic carbocycles. The van der Waals surface area contributed by atoms with Gasteiger partial charge in [0, 0.05) is 56.4 Å². The van der Waals surface area contributed by atoms with Gasteiger partial charge in [-0.25, -0.2) is 0 Å². The Balaban J connectivity index is 1.09. The Bertz CT molecular complexity index is 3150. The van der Waals surface area contributed by atoms with E-state index < -0.39 is 0 Å². The highest BCUT2D eigenvalue weighted by atomic mass is 15.0. The third-order valence-electron chi connectivity index (χ3n) is 10.8. The number of hydrogen-bond acceptors (Lipinski definition) is 2. The Morgan fingerprint density at radius 2 is 0.796 bits per heavy atom. The van der Waals surface area contributed by atoms with E-state index in [0.29, 0.717) is 0 Å². The van der Waals surface area contributed by atoms with Crippen LogP contribution < -0.4 is 0 Å². The highest BCUT2D eigenvalue weighted by molar-refractivity contribution is 6.13. The van der Waals surface area contributed by atoms with Crippen LogP contribution in [0.2, 0.25) is 0 Å². The topological polar surface area (TPSA) is 35.6 Å². The first-order chi connectivity index (χ1) is 26.8. The zero-order chi connectivity index (χ0) is 35.6. The van der Waals surface area contributed by atoms with Crippen molar-refractivity contribution in [2.24, 2.45) is 0 Å². The van der Waals surface area contributed by atoms with Gasteiger partial charge in [0.25, 0.3) is 0 Å². The fourth-order valence-corrected chi connectivity index (χ4v) is 8.28. The minimum Gasteiger partial charge on any atom is -0.309 e. The first-order valence-corrected chi connectivity index (χ1v) is 18.3. The predicted octanol–water partition coefficient (Wildman–Crippen LogP) is 12.8. The molecule has 4 aromatic heterocycles. The largest absolute Gasteiger partial charge is 0.309 e. The summed E-state index contributed by atoms with van der Waals surface area (Å²) in [5.74, 6) is 0. The van der Waals surface area contributed by atoms with Crippen LogP contribution in [-0.4, -0.2) is 19.1 Å². The van der Waals surface area contributed by atoms with Gasteiger partial charge >= 0.3 is 0 Å². The van der Waals surface area contributed by atoms with E-state index in [-0.39, 0.29) is 0 Å². The highest BCUT2D eigenvalue weighted by Gasteiger charge is 2.18. The zero-order valence-corrected chi connectivity index (χ0v) is 29.3. The van der Waals surface area contributed by atoms with Crippen molar-refractivity contribution in [1.29, 1.82) is 0 Å². The molecule has 252 valence electrons. The molecule has 4 nitrogen and oxygen atoms in total. The van der Waals surface area contributed by atoms with Crippen molar-refractivity contribution in [3.63, 3.8) is 0 Å². The number of nitrogens with zero attached hydrogens (tertiary/aromatic N) is 4. The van der Waals surface area contributed by atoms with E-state index in [4.69, 9.17) is 9.97 Å². The summed E-state index contributed by atoms with van der Waals surface area (Å²) in [5, 5.41) is 7.40. The van der Waals surface area contributed by atoms with E-state index in [0.717, 1.165) is 39.2 Å². The Labute approximate surface area is 311 Å². The summed E-state index contributed by atoms with van der Waals surface area (Å²) < 4.78 is 4.78. The molecule has 11 aromatic rings. The number of aromatic nitrogens is 4. The molecule has 0 aliphatic heterocycles. The normalized spacial score (nSPS) is 11.7. The molecule has 0 atom stereocenters. The summed E-state index contributed by atoms with van der Waals surface area (Å²) in [4.78, 5) is 9.43. The lowest BCUT2D eigenvalue weighted by molar-refractivity contribution is 1.17. The van der Waals surface area contributed by atoms with Crippen LogP contribution >= 0.6 is 0 Å². The maximum Gasteiger partial charge on any atom is 0.0702 e. The SMILES string of the molecule is c1ccc(-c2cc(-c3ccccn3)cc(-n3c4ccccc4c4cc(-c5ccc6c(c5)c5ccccc5n6-c5ccc6ccccc6c5)ccc43)c2)nc1. The lowest BCUT2D eigenvalue weighted by Crippen LogP contribution is -1.97. The summed E-state index contributed by atoms with van der Waals surface area (Å²) >= 11 is 0. The zero-order valence-electron chi connectivity index (χ0n) is 29.3. The molecule has 4 heteroatoms. The molecule has 0 spiro atoms. The minimum absolute atomic E-state index is 0.928. The van der Waals surface area contributed by atoms with E-state index >= 15 is 0 Å². The Morgan fingerprint density at radius 3 is 1.37 bits per heavy atom. The van der Waals surface area contributed by atoms with Crippen molar-refractivity contribution >= 4 is 54.4 Å². The van der Waals surface area contributed by atoms with Gasteiger partial charge in [-0.1, -0.05) is 91.0 Å². The fourth-order valence-electron chi connectivity index (χ4n) is 8.28. The van der Waals surface area contributed by atoms with E-state index in [1.807, 2.05) is 36.7 Å². The number of para-hydroxylation sites is 2. The summed E-state index contributed by atoms with van der Waals surface area (Å²) in [7, 11) is 0. The first-order valence-electron chi connectivity index (χ1n) is 18.3. The van der Waals surface area contributed by atoms with Crippen LogP contribution in [0.15, 0.2) is 194 Å². The summed E-state index contributed by atoms with van der Waals surface area (Å²) in [6.45, 7) is 0. The van der Waals surface area contributed by atoms with E-state index in [1.54, 1.807) is 0 Å². The van der Waals surface area contributed by atoms with Crippen molar-refractivity contribution < 1.29 is 0 Å². The molecule has 0 amide bonds. The molecule has 0 N–H and O–H groups in total. The van der Waals surface area contributed by atoms with Crippen molar-refractivity contribution in [3.05, 3.63) is 194 Å². The fraction of sp³-hybridized carbons (Fsp3) is 0. The third kappa shape index (κ3) is 4.85. The molecule has 4 heterocycles. The summed E-state index contributed by atoms with van der Waals surface area (Å²) in [5.41, 5.74) is 13.3. The van der Waals surface area contributed by atoms with Crippen LogP contribution in [0.5, 0.6) is 0 Å². The van der Waals surface area contributed by atoms with Gasteiger partial charge in [-0.3, -0.25) is 9.97 Å². The molecule has 0 saturated carbocycles. The van der Waals surface area contributed by atoms with Crippen molar-refractivity contribution in [1.82, 2.24) is 19.1 Å². The van der Waals surface area contributed by atoms with Gasteiger partial charge in [-0.15, -0.1) is 0 Å². The standard InChI is InChI=1S/C50H32N4/c1-2-12-34-28-39(22-19-33(34)11-1)53-47-17-5-3-13-41(47)43-31-35(20-23-49(43)53)36-21-24-50-44(32-36)42-14-4-6-18-48(42)54(50)40-29-37(45-15-7-9-25-51-45)27-38(30-40)46-16-8-10-26-52-46/h1-32H. The van der Waals surface area contributed by atoms with Gasteiger partial charge in [0.2, 0.25) is 0 Å². The van der Waals surface area contributed by atoms with Crippen LogP contribution in [-0.2, 0) is 0 Å². The highest BCUT2D eigenvalue weighted by Crippen LogP contribution is 2.39. The smallest absolute Gasteiger partial charge is 0.0702 e. The Morgan fingerprint density at radius 1 is 0.296 bits per heavy atom. The second-order valence-corrected chi connectivity index (χ2v) is 13.9. The Hall–Kier alpha value is -7.30. The lowest BCUT2D eigenvalue weighted by atomic mass is 10.0. The molecule has 0 bridgehead atoms. The summed E-state index contributed by atoms with van der Waals surface area (Å²) in [6, 6.07) is 65.4. The molecule has 0 unspecified atom stereocenters. The van der Waals surface area contributed by atoms with Gasteiger partial charge in [-0.2, -0.15) is 0 Å². The predicted molar refractivity (Wildman–Crippen MR) is 225 cm³/mol. The average molecular weight is 689 g/mol. The van der Waals surface area contributed by atoms with Crippen molar-refractivity contribution in [3.8, 4) is 45.0 Å². The average Bonchev–Trinajstić information content (AvgIpc) is 3.76. The number of fused-ring (bicyclic) bond motifs is 7. The second kappa shape index (κ2) is 12.1. The van der Waals surface area contributed by atoms with Crippen LogP contribution in [0.4, 0.5) is 0 Å². The quantitative estimate of drug-likeness (QED) is 0.180. The first kappa shape index (κ1) is 30.3. The van der Waals surface area contributed by atoms with Crippen LogP contribution in [0.1, 0.15) is 0 Å². The molecular formula is C50H32N4. The molecule has 54 heavy (non-hydrogen) atoms. The van der Waals surface area contributed by atoms with Crippen molar-refractivity contribution in [2.75, 3.05) is 0 Å². The van der Waals surface area contributed by atoms with Gasteiger partial charge in [0.05, 0.1) is 33.5 Å². The minimum atomic E-state index is 0.928. The lowest BCUT2D eigenvalue weighted by Gasteiger charge is -2.13. The van der Waals surface area contributed by atoms with Gasteiger partial charge in [0.1, 0.15) is 0 Å². The molecule has 11 rings (SSSR count). The number of rotatable bonds is 5. The van der Waals surface area contributed by atoms with E-state index in [1.165, 1.54) is 60.2 Å². The van der Waals surface area contributed by atoms with Gasteiger partial charge < -0.3 is 9.13 Å². The molecular weight excluding hydrogens is 657 g/mol. The molecule has 0 aliphatic rings. The van der Waals surface area contributed by atoms with Gasteiger partial charge in [0.15, 0.2) is 0 Å². The number of benzene rings is 7. The molecule has 0 saturated heterocycles. The Kier molecular flexibility index (Phi) is 6.82. The summed E-state index contributed by atoms with van der Waals surface area (Å²) in [6.07, 6.45) is 3.70. The monoisotopic (exact) mass is 688 g/mol. The van der Waals surface area contributed by atoms with Crippen LogP contribution in [0.25, 0.3) is 99.4 Å². The molecule has 0 fully saturated rings. The third-order valence-corrected chi connectivity index (χ3v) is 10.8. The van der Waals surface area contributed by atoms with Crippen LogP contribution in [0, 0.1) is 0 Å². The molecule has 7 aromatic carbocycles. The maximum atomic E-state index is 4.72. The van der Waals surface area contributed by atoms with E-state index in [9.17, 15) is 0 Å². The number of pyridine rings is 2.